The van der Waals surface area contributed by atoms with Gasteiger partial charge in [-0.05, 0) is 50.8 Å². The molecule has 2 heterocycles. The van der Waals surface area contributed by atoms with Crippen molar-refractivity contribution in [1.82, 2.24) is 9.97 Å². The lowest BCUT2D eigenvalue weighted by atomic mass is 10.1. The van der Waals surface area contributed by atoms with E-state index in [1.165, 1.54) is 19.3 Å². The van der Waals surface area contributed by atoms with Crippen LogP contribution in [0.4, 0.5) is 11.6 Å². The highest BCUT2D eigenvalue weighted by Gasteiger charge is 2.13. The van der Waals surface area contributed by atoms with Crippen molar-refractivity contribution in [2.24, 2.45) is 5.10 Å². The summed E-state index contributed by atoms with van der Waals surface area (Å²) in [6.07, 6.45) is 3.77. The summed E-state index contributed by atoms with van der Waals surface area (Å²) in [7, 11) is 0. The Morgan fingerprint density at radius 2 is 1.83 bits per heavy atom. The molecule has 0 spiro atoms. The number of nitrogens with zero attached hydrogens (tertiary/aromatic N) is 4. The minimum Gasteiger partial charge on any atom is -0.356 e. The van der Waals surface area contributed by atoms with Gasteiger partial charge in [-0.2, -0.15) is 5.10 Å². The van der Waals surface area contributed by atoms with Gasteiger partial charge in [0, 0.05) is 23.6 Å². The van der Waals surface area contributed by atoms with Gasteiger partial charge in [0.05, 0.1) is 5.71 Å². The quantitative estimate of drug-likeness (QED) is 0.624. The summed E-state index contributed by atoms with van der Waals surface area (Å²) >= 11 is 3.45. The van der Waals surface area contributed by atoms with Gasteiger partial charge in [-0.1, -0.05) is 28.1 Å². The van der Waals surface area contributed by atoms with Crippen LogP contribution in [0.5, 0.6) is 0 Å². The van der Waals surface area contributed by atoms with Gasteiger partial charge in [0.2, 0.25) is 0 Å². The SMILES string of the molecule is C/C(=N\Nc1cc(N2CCCCC2)nc(C)n1)c1ccc(Br)cc1. The van der Waals surface area contributed by atoms with E-state index in [0.29, 0.717) is 0 Å². The van der Waals surface area contributed by atoms with Crippen molar-refractivity contribution in [1.29, 1.82) is 0 Å². The molecule has 1 aliphatic rings. The van der Waals surface area contributed by atoms with Crippen LogP contribution in [-0.4, -0.2) is 28.8 Å². The summed E-state index contributed by atoms with van der Waals surface area (Å²) in [6.45, 7) is 6.04. The molecule has 24 heavy (non-hydrogen) atoms. The fraction of sp³-hybridized carbons (Fsp3) is 0.389. The normalized spacial score (nSPS) is 15.5. The number of rotatable bonds is 4. The van der Waals surface area contributed by atoms with Crippen LogP contribution < -0.4 is 10.3 Å². The zero-order valence-corrected chi connectivity index (χ0v) is 15.7. The molecule has 2 aromatic rings. The minimum absolute atomic E-state index is 0.736. The van der Waals surface area contributed by atoms with Crippen LogP contribution in [0, 0.1) is 6.92 Å². The molecule has 0 radical (unpaired) electrons. The van der Waals surface area contributed by atoms with Gasteiger partial charge in [-0.25, -0.2) is 9.97 Å². The number of aryl methyl sites for hydroxylation is 1. The first-order valence-electron chi connectivity index (χ1n) is 8.29. The van der Waals surface area contributed by atoms with Gasteiger partial charge in [0.15, 0.2) is 5.82 Å². The lowest BCUT2D eigenvalue weighted by molar-refractivity contribution is 0.572. The molecule has 1 fully saturated rings. The predicted octanol–water partition coefficient (Wildman–Crippen LogP) is 4.37. The van der Waals surface area contributed by atoms with Crippen molar-refractivity contribution in [3.8, 4) is 0 Å². The second-order valence-electron chi connectivity index (χ2n) is 6.02. The fourth-order valence-corrected chi connectivity index (χ4v) is 3.06. The minimum atomic E-state index is 0.736. The monoisotopic (exact) mass is 387 g/mol. The topological polar surface area (TPSA) is 53.4 Å². The van der Waals surface area contributed by atoms with Crippen molar-refractivity contribution < 1.29 is 0 Å². The Bertz CT molecular complexity index is 721. The van der Waals surface area contributed by atoms with E-state index in [2.05, 4.69) is 41.3 Å². The zero-order valence-electron chi connectivity index (χ0n) is 14.1. The number of aromatic nitrogens is 2. The van der Waals surface area contributed by atoms with E-state index in [-0.39, 0.29) is 0 Å². The first-order valence-corrected chi connectivity index (χ1v) is 9.08. The first-order chi connectivity index (χ1) is 11.6. The Labute approximate surface area is 151 Å². The number of nitrogens with one attached hydrogen (secondary N) is 1. The molecule has 0 unspecified atom stereocenters. The van der Waals surface area contributed by atoms with Crippen molar-refractivity contribution in [2.45, 2.75) is 33.1 Å². The third-order valence-corrected chi connectivity index (χ3v) is 4.63. The molecule has 1 aromatic carbocycles. The molecule has 5 nitrogen and oxygen atoms in total. The standard InChI is InChI=1S/C18H22BrN5/c1-13(15-6-8-16(19)9-7-15)22-23-17-12-18(21-14(2)20-17)24-10-4-3-5-11-24/h6-9,12H,3-5,10-11H2,1-2H3,(H,20,21,23)/b22-13+. The molecule has 126 valence electrons. The maximum Gasteiger partial charge on any atom is 0.152 e. The van der Waals surface area contributed by atoms with Crippen LogP contribution in [0.15, 0.2) is 39.9 Å². The average Bonchev–Trinajstić information content (AvgIpc) is 2.60. The largest absolute Gasteiger partial charge is 0.356 e. The molecule has 1 saturated heterocycles. The molecule has 0 aliphatic carbocycles. The fourth-order valence-electron chi connectivity index (χ4n) is 2.79. The number of piperidine rings is 1. The summed E-state index contributed by atoms with van der Waals surface area (Å²) in [5.41, 5.74) is 5.07. The van der Waals surface area contributed by atoms with Gasteiger partial charge in [0.1, 0.15) is 11.6 Å². The Morgan fingerprint density at radius 3 is 2.54 bits per heavy atom. The van der Waals surface area contributed by atoms with Crippen LogP contribution >= 0.6 is 15.9 Å². The smallest absolute Gasteiger partial charge is 0.152 e. The summed E-state index contributed by atoms with van der Waals surface area (Å²) < 4.78 is 1.06. The molecule has 0 atom stereocenters. The van der Waals surface area contributed by atoms with Crippen molar-refractivity contribution in [3.63, 3.8) is 0 Å². The Morgan fingerprint density at radius 1 is 1.12 bits per heavy atom. The van der Waals surface area contributed by atoms with Crippen LogP contribution in [-0.2, 0) is 0 Å². The highest BCUT2D eigenvalue weighted by atomic mass is 79.9. The van der Waals surface area contributed by atoms with Gasteiger partial charge < -0.3 is 4.90 Å². The molecule has 1 aliphatic heterocycles. The molecule has 0 saturated carbocycles. The molecular weight excluding hydrogens is 366 g/mol. The highest BCUT2D eigenvalue weighted by molar-refractivity contribution is 9.10. The lowest BCUT2D eigenvalue weighted by Crippen LogP contribution is -2.30. The maximum atomic E-state index is 4.57. The molecule has 6 heteroatoms. The summed E-state index contributed by atoms with van der Waals surface area (Å²) in [5.74, 6) is 2.48. The lowest BCUT2D eigenvalue weighted by Gasteiger charge is -2.28. The van der Waals surface area contributed by atoms with Gasteiger partial charge >= 0.3 is 0 Å². The molecule has 0 amide bonds. The summed E-state index contributed by atoms with van der Waals surface area (Å²) in [5, 5.41) is 4.46. The molecule has 1 N–H and O–H groups in total. The molecule has 3 rings (SSSR count). The summed E-state index contributed by atoms with van der Waals surface area (Å²) in [6, 6.07) is 10.1. The number of benzene rings is 1. The maximum absolute atomic E-state index is 4.57. The van der Waals surface area contributed by atoms with E-state index in [1.807, 2.05) is 44.2 Å². The van der Waals surface area contributed by atoms with Crippen LogP contribution in [0.1, 0.15) is 37.6 Å². The second-order valence-corrected chi connectivity index (χ2v) is 6.94. The third kappa shape index (κ3) is 4.32. The Hall–Kier alpha value is -1.95. The number of hydrogen-bond donors (Lipinski definition) is 1. The van der Waals surface area contributed by atoms with E-state index in [1.54, 1.807) is 0 Å². The highest BCUT2D eigenvalue weighted by Crippen LogP contribution is 2.20. The van der Waals surface area contributed by atoms with Crippen molar-refractivity contribution >= 4 is 33.3 Å². The van der Waals surface area contributed by atoms with Gasteiger partial charge in [-0.3, -0.25) is 5.43 Å². The second kappa shape index (κ2) is 7.75. The first kappa shape index (κ1) is 16.9. The van der Waals surface area contributed by atoms with E-state index >= 15 is 0 Å². The Kier molecular flexibility index (Phi) is 5.45. The van der Waals surface area contributed by atoms with Crippen LogP contribution in [0.25, 0.3) is 0 Å². The van der Waals surface area contributed by atoms with E-state index < -0.39 is 0 Å². The predicted molar refractivity (Wildman–Crippen MR) is 103 cm³/mol. The zero-order chi connectivity index (χ0) is 16.9. The number of hydrazone groups is 1. The number of hydrogen-bond acceptors (Lipinski definition) is 5. The van der Waals surface area contributed by atoms with Gasteiger partial charge in [0.25, 0.3) is 0 Å². The van der Waals surface area contributed by atoms with Gasteiger partial charge in [-0.15, -0.1) is 0 Å². The molecule has 1 aromatic heterocycles. The molecule has 0 bridgehead atoms. The number of halogens is 1. The summed E-state index contributed by atoms with van der Waals surface area (Å²) in [4.78, 5) is 11.3. The van der Waals surface area contributed by atoms with Crippen molar-refractivity contribution in [2.75, 3.05) is 23.4 Å². The van der Waals surface area contributed by atoms with Crippen LogP contribution in [0.3, 0.4) is 0 Å². The molecular formula is C18H22BrN5. The van der Waals surface area contributed by atoms with Crippen LogP contribution in [0.2, 0.25) is 0 Å². The Balaban J connectivity index is 1.75. The average molecular weight is 388 g/mol. The third-order valence-electron chi connectivity index (χ3n) is 4.10. The number of anilines is 2. The van der Waals surface area contributed by atoms with E-state index in [4.69, 9.17) is 0 Å². The van der Waals surface area contributed by atoms with Crippen molar-refractivity contribution in [3.05, 3.63) is 46.2 Å². The van der Waals surface area contributed by atoms with E-state index in [0.717, 1.165) is 46.3 Å². The van der Waals surface area contributed by atoms with E-state index in [9.17, 15) is 0 Å².